The van der Waals surface area contributed by atoms with Crippen LogP contribution in [0, 0.1) is 5.92 Å². The van der Waals surface area contributed by atoms with E-state index in [0.29, 0.717) is 26.2 Å². The number of aliphatic carboxylic acids is 1. The molecule has 1 aromatic carbocycles. The zero-order valence-corrected chi connectivity index (χ0v) is 16.2. The van der Waals surface area contributed by atoms with Crippen LogP contribution >= 0.6 is 0 Å². The fraction of sp³-hybridized carbons (Fsp3) is 0.600. The molecule has 0 unspecified atom stereocenters. The molecule has 0 saturated carbocycles. The summed E-state index contributed by atoms with van der Waals surface area (Å²) in [5, 5.41) is 16.6. The summed E-state index contributed by atoms with van der Waals surface area (Å²) >= 11 is 0. The number of carbonyl (C=O) groups is 2. The highest BCUT2D eigenvalue weighted by atomic mass is 16.5. The first-order chi connectivity index (χ1) is 12.9. The molecule has 2 N–H and O–H groups in total. The molecule has 1 fully saturated rings. The number of methoxy groups -OCH3 is 1. The van der Waals surface area contributed by atoms with Gasteiger partial charge in [0, 0.05) is 25.2 Å². The number of ether oxygens (including phenoxy) is 2. The molecular formula is C20H29N2O5-. The monoisotopic (exact) mass is 377 g/mol. The van der Waals surface area contributed by atoms with Gasteiger partial charge in [0.05, 0.1) is 19.1 Å². The molecule has 7 heteroatoms. The van der Waals surface area contributed by atoms with Gasteiger partial charge in [0.1, 0.15) is 5.75 Å². The Morgan fingerprint density at radius 1 is 1.22 bits per heavy atom. The molecule has 2 amide bonds. The van der Waals surface area contributed by atoms with Crippen molar-refractivity contribution in [1.82, 2.24) is 10.6 Å². The largest absolute Gasteiger partial charge is 0.548 e. The van der Waals surface area contributed by atoms with E-state index in [1.54, 1.807) is 7.11 Å². The lowest BCUT2D eigenvalue weighted by atomic mass is 9.74. The second kappa shape index (κ2) is 9.60. The van der Waals surface area contributed by atoms with Crippen molar-refractivity contribution in [3.63, 3.8) is 0 Å². The van der Waals surface area contributed by atoms with Crippen LogP contribution in [0.4, 0.5) is 4.79 Å². The van der Waals surface area contributed by atoms with Gasteiger partial charge in [-0.15, -0.1) is 0 Å². The summed E-state index contributed by atoms with van der Waals surface area (Å²) in [5.41, 5.74) is 0.849. The van der Waals surface area contributed by atoms with Gasteiger partial charge in [0.15, 0.2) is 0 Å². The second-order valence-corrected chi connectivity index (χ2v) is 7.45. The Bertz CT molecular complexity index is 624. The minimum Gasteiger partial charge on any atom is -0.548 e. The molecule has 0 aromatic heterocycles. The van der Waals surface area contributed by atoms with Crippen LogP contribution in [-0.4, -0.2) is 44.9 Å². The maximum absolute atomic E-state index is 12.3. The van der Waals surface area contributed by atoms with E-state index in [1.165, 1.54) is 0 Å². The van der Waals surface area contributed by atoms with Crippen LogP contribution in [0.3, 0.4) is 0 Å². The average Bonchev–Trinajstić information content (AvgIpc) is 2.66. The van der Waals surface area contributed by atoms with Gasteiger partial charge in [-0.2, -0.15) is 0 Å². The molecule has 1 aromatic rings. The summed E-state index contributed by atoms with van der Waals surface area (Å²) in [6, 6.07) is 6.32. The maximum Gasteiger partial charge on any atom is 0.315 e. The third-order valence-electron chi connectivity index (χ3n) is 5.04. The lowest BCUT2D eigenvalue weighted by Gasteiger charge is -2.38. The second-order valence-electron chi connectivity index (χ2n) is 7.45. The normalized spacial score (nSPS) is 17.2. The molecule has 0 radical (unpaired) electrons. The first kappa shape index (κ1) is 21.0. The number of hydrogen-bond donors (Lipinski definition) is 2. The Kier molecular flexibility index (Phi) is 7.47. The van der Waals surface area contributed by atoms with E-state index in [4.69, 9.17) is 9.47 Å². The van der Waals surface area contributed by atoms with Gasteiger partial charge in [-0.1, -0.05) is 26.0 Å². The van der Waals surface area contributed by atoms with Crippen molar-refractivity contribution in [3.8, 4) is 5.75 Å². The third-order valence-corrected chi connectivity index (χ3v) is 5.04. The molecule has 1 saturated heterocycles. The SMILES string of the molecule is COc1ccc(C2(CNC(=O)N[C@@H](CC(C)C)C(=O)[O-])CCOCC2)cc1. The summed E-state index contributed by atoms with van der Waals surface area (Å²) in [5.74, 6) is -0.360. The Morgan fingerprint density at radius 2 is 1.85 bits per heavy atom. The van der Waals surface area contributed by atoms with Crippen LogP contribution in [0.25, 0.3) is 0 Å². The number of benzene rings is 1. The lowest BCUT2D eigenvalue weighted by molar-refractivity contribution is -0.308. The molecule has 0 spiro atoms. The molecule has 1 aliphatic rings. The summed E-state index contributed by atoms with van der Waals surface area (Å²) in [4.78, 5) is 23.5. The average molecular weight is 377 g/mol. The minimum absolute atomic E-state index is 0.134. The zero-order chi connectivity index (χ0) is 19.9. The van der Waals surface area contributed by atoms with Gasteiger partial charge >= 0.3 is 6.03 Å². The van der Waals surface area contributed by atoms with E-state index in [9.17, 15) is 14.7 Å². The molecule has 27 heavy (non-hydrogen) atoms. The van der Waals surface area contributed by atoms with Gasteiger partial charge < -0.3 is 30.0 Å². The quantitative estimate of drug-likeness (QED) is 0.709. The first-order valence-electron chi connectivity index (χ1n) is 9.34. The highest BCUT2D eigenvalue weighted by Gasteiger charge is 2.35. The van der Waals surface area contributed by atoms with E-state index in [-0.39, 0.29) is 11.3 Å². The predicted molar refractivity (Wildman–Crippen MR) is 99.5 cm³/mol. The van der Waals surface area contributed by atoms with Crippen LogP contribution in [0.5, 0.6) is 5.75 Å². The smallest absolute Gasteiger partial charge is 0.315 e. The summed E-state index contributed by atoms with van der Waals surface area (Å²) in [6.45, 7) is 5.43. The molecule has 1 atom stereocenters. The van der Waals surface area contributed by atoms with Crippen molar-refractivity contribution in [2.45, 2.75) is 44.6 Å². The molecule has 150 valence electrons. The predicted octanol–water partition coefficient (Wildman–Crippen LogP) is 1.21. The Labute approximate surface area is 160 Å². The fourth-order valence-electron chi connectivity index (χ4n) is 3.42. The van der Waals surface area contributed by atoms with E-state index in [0.717, 1.165) is 24.2 Å². The molecule has 0 bridgehead atoms. The van der Waals surface area contributed by atoms with Crippen LogP contribution in [-0.2, 0) is 14.9 Å². The van der Waals surface area contributed by atoms with Gasteiger partial charge in [0.25, 0.3) is 0 Å². The molecule has 2 rings (SSSR count). The highest BCUT2D eigenvalue weighted by molar-refractivity contribution is 5.81. The van der Waals surface area contributed by atoms with Gasteiger partial charge in [-0.3, -0.25) is 0 Å². The first-order valence-corrected chi connectivity index (χ1v) is 9.34. The van der Waals surface area contributed by atoms with Crippen molar-refractivity contribution in [3.05, 3.63) is 29.8 Å². The molecule has 1 aliphatic heterocycles. The standard InChI is InChI=1S/C20H30N2O5/c1-14(2)12-17(18(23)24)22-19(25)21-13-20(8-10-27-11-9-20)15-4-6-16(26-3)7-5-15/h4-7,14,17H,8-13H2,1-3H3,(H,23,24)(H2,21,22,25)/p-1/t17-/m0/s1. The van der Waals surface area contributed by atoms with Crippen molar-refractivity contribution >= 4 is 12.0 Å². The molecular weight excluding hydrogens is 348 g/mol. The Balaban J connectivity index is 2.05. The van der Waals surface area contributed by atoms with E-state index in [2.05, 4.69) is 10.6 Å². The maximum atomic E-state index is 12.3. The number of amides is 2. The van der Waals surface area contributed by atoms with E-state index >= 15 is 0 Å². The molecule has 0 aliphatic carbocycles. The van der Waals surface area contributed by atoms with Gasteiger partial charge in [-0.25, -0.2) is 4.79 Å². The molecule has 1 heterocycles. The van der Waals surface area contributed by atoms with Crippen molar-refractivity contribution < 1.29 is 24.2 Å². The third kappa shape index (κ3) is 5.85. The Hall–Kier alpha value is -2.28. The van der Waals surface area contributed by atoms with Crippen molar-refractivity contribution in [2.75, 3.05) is 26.9 Å². The number of carboxylic acids is 1. The summed E-state index contributed by atoms with van der Waals surface area (Å²) in [7, 11) is 1.62. The summed E-state index contributed by atoms with van der Waals surface area (Å²) < 4.78 is 10.7. The topological polar surface area (TPSA) is 99.7 Å². The number of hydrogen-bond acceptors (Lipinski definition) is 5. The van der Waals surface area contributed by atoms with E-state index in [1.807, 2.05) is 38.1 Å². The number of nitrogens with one attached hydrogen (secondary N) is 2. The van der Waals surface area contributed by atoms with Gasteiger partial charge in [0.2, 0.25) is 0 Å². The fourth-order valence-corrected chi connectivity index (χ4v) is 3.42. The lowest BCUT2D eigenvalue weighted by Crippen LogP contribution is -2.54. The number of urea groups is 1. The zero-order valence-electron chi connectivity index (χ0n) is 16.2. The number of carboxylic acid groups (broad SMARTS) is 1. The van der Waals surface area contributed by atoms with Gasteiger partial charge in [-0.05, 0) is 42.9 Å². The van der Waals surface area contributed by atoms with Crippen LogP contribution < -0.4 is 20.5 Å². The Morgan fingerprint density at radius 3 is 2.37 bits per heavy atom. The van der Waals surface area contributed by atoms with E-state index < -0.39 is 18.0 Å². The molecule has 7 nitrogen and oxygen atoms in total. The summed E-state index contributed by atoms with van der Waals surface area (Å²) in [6.07, 6.45) is 1.87. The van der Waals surface area contributed by atoms with Crippen molar-refractivity contribution in [2.24, 2.45) is 5.92 Å². The van der Waals surface area contributed by atoms with Crippen LogP contribution in [0.15, 0.2) is 24.3 Å². The van der Waals surface area contributed by atoms with Crippen LogP contribution in [0.1, 0.15) is 38.7 Å². The number of rotatable bonds is 8. The van der Waals surface area contributed by atoms with Crippen molar-refractivity contribution in [1.29, 1.82) is 0 Å². The van der Waals surface area contributed by atoms with Crippen LogP contribution in [0.2, 0.25) is 0 Å². The minimum atomic E-state index is -1.27. The number of carbonyl (C=O) groups excluding carboxylic acids is 2. The highest BCUT2D eigenvalue weighted by Crippen LogP contribution is 2.35.